The average molecular weight is 292 g/mol. The van der Waals surface area contributed by atoms with Crippen LogP contribution >= 0.6 is 0 Å². The van der Waals surface area contributed by atoms with Gasteiger partial charge in [0.05, 0.1) is 24.5 Å². The first-order valence-corrected chi connectivity index (χ1v) is 6.97. The van der Waals surface area contributed by atoms with Crippen LogP contribution in [0.2, 0.25) is 0 Å². The van der Waals surface area contributed by atoms with E-state index in [1.807, 2.05) is 0 Å². The molecule has 0 aliphatic heterocycles. The van der Waals surface area contributed by atoms with Crippen LogP contribution in [0.15, 0.2) is 16.8 Å². The van der Waals surface area contributed by atoms with Crippen LogP contribution < -0.4 is 11.1 Å². The second-order valence-corrected chi connectivity index (χ2v) is 4.92. The molecule has 1 unspecified atom stereocenters. The molecule has 2 rings (SSSR count). The smallest absolute Gasteiger partial charge is 0.227 e. The summed E-state index contributed by atoms with van der Waals surface area (Å²) < 4.78 is 6.50. The molecule has 8 nitrogen and oxygen atoms in total. The zero-order chi connectivity index (χ0) is 15.2. The van der Waals surface area contributed by atoms with Crippen molar-refractivity contribution in [1.82, 2.24) is 20.2 Å². The number of nitrogens with zero attached hydrogens (tertiary/aromatic N) is 4. The van der Waals surface area contributed by atoms with Gasteiger partial charge in [0.2, 0.25) is 5.91 Å². The van der Waals surface area contributed by atoms with Gasteiger partial charge in [0.1, 0.15) is 5.76 Å². The van der Waals surface area contributed by atoms with Crippen LogP contribution in [0, 0.1) is 6.92 Å². The molecule has 0 radical (unpaired) electrons. The minimum Gasteiger partial charge on any atom is -0.360 e. The van der Waals surface area contributed by atoms with E-state index in [9.17, 15) is 4.79 Å². The lowest BCUT2D eigenvalue weighted by molar-refractivity contribution is -0.116. The van der Waals surface area contributed by atoms with Gasteiger partial charge in [-0.3, -0.25) is 9.48 Å². The van der Waals surface area contributed by atoms with Crippen molar-refractivity contribution < 1.29 is 9.32 Å². The molecule has 0 aliphatic rings. The fourth-order valence-electron chi connectivity index (χ4n) is 1.90. The van der Waals surface area contributed by atoms with Gasteiger partial charge in [0.15, 0.2) is 5.82 Å². The van der Waals surface area contributed by atoms with Crippen LogP contribution in [0.25, 0.3) is 0 Å². The molecular weight excluding hydrogens is 272 g/mol. The first kappa shape index (κ1) is 15.2. The van der Waals surface area contributed by atoms with Crippen molar-refractivity contribution in [1.29, 1.82) is 0 Å². The first-order valence-electron chi connectivity index (χ1n) is 6.97. The van der Waals surface area contributed by atoms with Gasteiger partial charge < -0.3 is 15.6 Å². The molecule has 0 fully saturated rings. The van der Waals surface area contributed by atoms with Crippen molar-refractivity contribution in [2.45, 2.75) is 45.7 Å². The number of carbonyl (C=O) groups excluding carboxylic acids is 1. The molecule has 1 amide bonds. The van der Waals surface area contributed by atoms with E-state index in [4.69, 9.17) is 10.3 Å². The lowest BCUT2D eigenvalue weighted by Gasteiger charge is -2.04. The van der Waals surface area contributed by atoms with Gasteiger partial charge in [-0.15, -0.1) is 5.10 Å². The average Bonchev–Trinajstić information content (AvgIpc) is 3.06. The summed E-state index contributed by atoms with van der Waals surface area (Å²) in [4.78, 5) is 11.8. The maximum atomic E-state index is 11.8. The van der Waals surface area contributed by atoms with E-state index in [0.717, 1.165) is 18.5 Å². The Kier molecular flexibility index (Phi) is 5.04. The van der Waals surface area contributed by atoms with Crippen LogP contribution in [0.4, 0.5) is 5.82 Å². The van der Waals surface area contributed by atoms with Gasteiger partial charge in [0.25, 0.3) is 0 Å². The van der Waals surface area contributed by atoms with Gasteiger partial charge in [-0.1, -0.05) is 23.7 Å². The molecule has 114 valence electrons. The Bertz CT molecular complexity index is 591. The molecule has 0 bridgehead atoms. The first-order chi connectivity index (χ1) is 10.1. The molecule has 1 atom stereocenters. The Balaban J connectivity index is 1.81. The Morgan fingerprint density at radius 2 is 2.38 bits per heavy atom. The van der Waals surface area contributed by atoms with Crippen LogP contribution in [-0.2, 0) is 11.3 Å². The number of carbonyl (C=O) groups is 1. The van der Waals surface area contributed by atoms with Gasteiger partial charge in [-0.25, -0.2) is 0 Å². The summed E-state index contributed by atoms with van der Waals surface area (Å²) in [7, 11) is 0. The second kappa shape index (κ2) is 6.98. The maximum Gasteiger partial charge on any atom is 0.227 e. The van der Waals surface area contributed by atoms with Gasteiger partial charge >= 0.3 is 0 Å². The van der Waals surface area contributed by atoms with Crippen LogP contribution in [0.3, 0.4) is 0 Å². The number of hydrogen-bond acceptors (Lipinski definition) is 6. The van der Waals surface area contributed by atoms with E-state index in [1.54, 1.807) is 23.9 Å². The van der Waals surface area contributed by atoms with E-state index in [-0.39, 0.29) is 18.4 Å². The van der Waals surface area contributed by atoms with Crippen molar-refractivity contribution >= 4 is 11.7 Å². The molecule has 3 N–H and O–H groups in total. The number of rotatable bonds is 7. The van der Waals surface area contributed by atoms with Crippen LogP contribution in [0.5, 0.6) is 0 Å². The molecular formula is C13H20N6O2. The summed E-state index contributed by atoms with van der Waals surface area (Å²) in [6.07, 6.45) is 3.92. The fraction of sp³-hybridized carbons (Fsp3) is 0.538. The lowest BCUT2D eigenvalue weighted by atomic mass is 10.1. The Morgan fingerprint density at radius 1 is 1.57 bits per heavy atom. The normalized spacial score (nSPS) is 12.3. The third kappa shape index (κ3) is 4.38. The maximum absolute atomic E-state index is 11.8. The molecule has 21 heavy (non-hydrogen) atoms. The number of amides is 1. The van der Waals surface area contributed by atoms with E-state index in [0.29, 0.717) is 18.1 Å². The van der Waals surface area contributed by atoms with Crippen molar-refractivity contribution in [3.8, 4) is 0 Å². The highest BCUT2D eigenvalue weighted by atomic mass is 16.5. The van der Waals surface area contributed by atoms with Gasteiger partial charge in [-0.05, 0) is 13.3 Å². The van der Waals surface area contributed by atoms with Crippen molar-refractivity contribution in [3.05, 3.63) is 23.7 Å². The summed E-state index contributed by atoms with van der Waals surface area (Å²) in [6.45, 7) is 4.27. The predicted octanol–water partition coefficient (Wildman–Crippen LogP) is 1.40. The topological polar surface area (TPSA) is 112 Å². The number of hydrogen-bond donors (Lipinski definition) is 2. The minimum atomic E-state index is -0.154. The molecule has 2 heterocycles. The highest BCUT2D eigenvalue weighted by molar-refractivity contribution is 5.89. The predicted molar refractivity (Wildman–Crippen MR) is 76.3 cm³/mol. The van der Waals surface area contributed by atoms with Crippen molar-refractivity contribution in [2.24, 2.45) is 5.73 Å². The number of anilines is 1. The van der Waals surface area contributed by atoms with E-state index in [2.05, 4.69) is 27.7 Å². The highest BCUT2D eigenvalue weighted by Gasteiger charge is 2.11. The third-order valence-corrected chi connectivity index (χ3v) is 3.00. The zero-order valence-electron chi connectivity index (χ0n) is 12.2. The zero-order valence-corrected chi connectivity index (χ0v) is 12.2. The number of nitrogens with two attached hydrogens (primary N) is 1. The second-order valence-electron chi connectivity index (χ2n) is 4.92. The Labute approximate surface area is 122 Å². The highest BCUT2D eigenvalue weighted by Crippen LogP contribution is 2.12. The van der Waals surface area contributed by atoms with Crippen molar-refractivity contribution in [2.75, 3.05) is 5.32 Å². The van der Waals surface area contributed by atoms with Crippen LogP contribution in [0.1, 0.15) is 43.7 Å². The molecule has 0 saturated carbocycles. The molecule has 0 aliphatic carbocycles. The molecule has 0 saturated heterocycles. The summed E-state index contributed by atoms with van der Waals surface area (Å²) in [5.74, 6) is 0.913. The SMILES string of the molecule is CCCC(N)c1cn(CCC(=O)Nc2cc(C)on2)nn1. The summed E-state index contributed by atoms with van der Waals surface area (Å²) in [6, 6.07) is 1.56. The van der Waals surface area contributed by atoms with E-state index < -0.39 is 0 Å². The largest absolute Gasteiger partial charge is 0.360 e. The summed E-state index contributed by atoms with van der Waals surface area (Å²) >= 11 is 0. The summed E-state index contributed by atoms with van der Waals surface area (Å²) in [5.41, 5.74) is 6.72. The quantitative estimate of drug-likeness (QED) is 0.797. The molecule has 0 spiro atoms. The fourth-order valence-corrected chi connectivity index (χ4v) is 1.90. The molecule has 2 aromatic heterocycles. The number of aromatic nitrogens is 4. The lowest BCUT2D eigenvalue weighted by Crippen LogP contribution is -2.15. The molecule has 0 aromatic carbocycles. The van der Waals surface area contributed by atoms with Gasteiger partial charge in [-0.2, -0.15) is 0 Å². The molecule has 8 heteroatoms. The number of aryl methyl sites for hydroxylation is 2. The van der Waals surface area contributed by atoms with E-state index >= 15 is 0 Å². The molecule has 2 aromatic rings. The summed E-state index contributed by atoms with van der Waals surface area (Å²) in [5, 5.41) is 14.4. The van der Waals surface area contributed by atoms with E-state index in [1.165, 1.54) is 0 Å². The number of nitrogens with one attached hydrogen (secondary N) is 1. The Morgan fingerprint density at radius 3 is 3.05 bits per heavy atom. The standard InChI is InChI=1S/C13H20N6O2/c1-3-4-10(14)11-8-19(18-16-11)6-5-13(20)15-12-7-9(2)21-17-12/h7-8,10H,3-6,14H2,1-2H3,(H,15,17,20). The third-order valence-electron chi connectivity index (χ3n) is 3.00. The van der Waals surface area contributed by atoms with Crippen molar-refractivity contribution in [3.63, 3.8) is 0 Å². The van der Waals surface area contributed by atoms with Gasteiger partial charge in [0, 0.05) is 12.5 Å². The monoisotopic (exact) mass is 292 g/mol. The minimum absolute atomic E-state index is 0.101. The van der Waals surface area contributed by atoms with Crippen LogP contribution in [-0.4, -0.2) is 26.1 Å². The Hall–Kier alpha value is -2.22.